The van der Waals surface area contributed by atoms with Crippen molar-refractivity contribution in [3.05, 3.63) is 95.9 Å². The quantitative estimate of drug-likeness (QED) is 0.234. The van der Waals surface area contributed by atoms with Crippen LogP contribution in [0.15, 0.2) is 59.1 Å². The van der Waals surface area contributed by atoms with Crippen molar-refractivity contribution in [2.45, 2.75) is 25.0 Å². The van der Waals surface area contributed by atoms with Gasteiger partial charge in [0.2, 0.25) is 0 Å². The molecule has 1 heterocycles. The second-order valence-electron chi connectivity index (χ2n) is 8.37. The van der Waals surface area contributed by atoms with Gasteiger partial charge in [0.1, 0.15) is 6.61 Å². The lowest BCUT2D eigenvalue weighted by atomic mass is 9.77. The Balaban J connectivity index is 1.49. The maximum atomic E-state index is 6.62. The normalized spacial score (nSPS) is 20.5. The van der Waals surface area contributed by atoms with Crippen LogP contribution in [-0.4, -0.2) is 7.11 Å². The molecule has 3 aromatic carbocycles. The summed E-state index contributed by atoms with van der Waals surface area (Å²) in [7, 11) is 1.64. The predicted octanol–water partition coefficient (Wildman–Crippen LogP) is 9.48. The van der Waals surface area contributed by atoms with Gasteiger partial charge >= 0.3 is 0 Å². The van der Waals surface area contributed by atoms with Gasteiger partial charge < -0.3 is 14.8 Å². The number of halogens is 5. The van der Waals surface area contributed by atoms with Crippen LogP contribution >= 0.6 is 62.3 Å². The third-order valence-corrected chi connectivity index (χ3v) is 8.33. The number of hydrogen-bond acceptors (Lipinski definition) is 3. The van der Waals surface area contributed by atoms with Crippen molar-refractivity contribution >= 4 is 68.0 Å². The highest BCUT2D eigenvalue weighted by molar-refractivity contribution is 9.10. The third-order valence-electron chi connectivity index (χ3n) is 6.39. The highest BCUT2D eigenvalue weighted by Gasteiger charge is 2.41. The summed E-state index contributed by atoms with van der Waals surface area (Å²) in [5.41, 5.74) is 3.86. The van der Waals surface area contributed by atoms with Gasteiger partial charge in [0.05, 0.1) is 38.4 Å². The minimum Gasteiger partial charge on any atom is -0.493 e. The van der Waals surface area contributed by atoms with E-state index in [-0.39, 0.29) is 17.9 Å². The summed E-state index contributed by atoms with van der Waals surface area (Å²) >= 11 is 29.2. The van der Waals surface area contributed by atoms with Crippen LogP contribution in [0.2, 0.25) is 20.1 Å². The molecule has 0 amide bonds. The number of rotatable bonds is 5. The molecule has 176 valence electrons. The number of benzene rings is 3. The van der Waals surface area contributed by atoms with Crippen LogP contribution in [0.1, 0.15) is 35.1 Å². The maximum Gasteiger partial charge on any atom is 0.175 e. The second-order valence-corrected chi connectivity index (χ2v) is 10.9. The van der Waals surface area contributed by atoms with Gasteiger partial charge in [0.15, 0.2) is 11.5 Å². The van der Waals surface area contributed by atoms with E-state index >= 15 is 0 Å². The SMILES string of the molecule is COc1cc([C@@H]2Nc3c(Cl)cc(Cl)c(Cl)c3[C@H]3C=CC[C@H]32)cc(Br)c1OCc1ccc(Cl)cc1. The van der Waals surface area contributed by atoms with Crippen LogP contribution in [0.4, 0.5) is 5.69 Å². The first-order valence-corrected chi connectivity index (χ1v) is 13.0. The molecule has 0 saturated heterocycles. The van der Waals surface area contributed by atoms with Crippen molar-refractivity contribution in [3.8, 4) is 11.5 Å². The zero-order valence-corrected chi connectivity index (χ0v) is 22.7. The van der Waals surface area contributed by atoms with Crippen molar-refractivity contribution in [2.75, 3.05) is 12.4 Å². The Morgan fingerprint density at radius 1 is 1.03 bits per heavy atom. The van der Waals surface area contributed by atoms with Crippen LogP contribution in [-0.2, 0) is 6.61 Å². The van der Waals surface area contributed by atoms with E-state index in [0.717, 1.165) is 33.3 Å². The molecule has 0 spiro atoms. The summed E-state index contributed by atoms with van der Waals surface area (Å²) in [5.74, 6) is 1.67. The minimum absolute atomic E-state index is 0.00208. The van der Waals surface area contributed by atoms with E-state index < -0.39 is 0 Å². The fourth-order valence-corrected chi connectivity index (χ4v) is 6.29. The third kappa shape index (κ3) is 4.40. The Morgan fingerprint density at radius 3 is 2.53 bits per heavy atom. The first kappa shape index (κ1) is 24.1. The molecule has 1 aliphatic heterocycles. The minimum atomic E-state index is -0.00208. The highest BCUT2D eigenvalue weighted by atomic mass is 79.9. The molecule has 0 unspecified atom stereocenters. The van der Waals surface area contributed by atoms with Gasteiger partial charge in [-0.2, -0.15) is 0 Å². The van der Waals surface area contributed by atoms with Gasteiger partial charge in [-0.3, -0.25) is 0 Å². The number of allylic oxidation sites excluding steroid dienone is 2. The fourth-order valence-electron chi connectivity index (χ4n) is 4.79. The molecule has 3 atom stereocenters. The topological polar surface area (TPSA) is 30.5 Å². The van der Waals surface area contributed by atoms with Crippen LogP contribution in [0.3, 0.4) is 0 Å². The lowest BCUT2D eigenvalue weighted by molar-refractivity contribution is 0.282. The van der Waals surface area contributed by atoms with Crippen LogP contribution < -0.4 is 14.8 Å². The molecule has 8 heteroatoms. The molecule has 0 saturated carbocycles. The van der Waals surface area contributed by atoms with Gasteiger partial charge in [0.25, 0.3) is 0 Å². The Bertz CT molecular complexity index is 1280. The van der Waals surface area contributed by atoms with Crippen molar-refractivity contribution in [3.63, 3.8) is 0 Å². The van der Waals surface area contributed by atoms with Crippen LogP contribution in [0, 0.1) is 5.92 Å². The first-order valence-electron chi connectivity index (χ1n) is 10.7. The Kier molecular flexibility index (Phi) is 6.98. The van der Waals surface area contributed by atoms with Crippen molar-refractivity contribution in [1.82, 2.24) is 0 Å². The molecule has 5 rings (SSSR count). The molecule has 0 bridgehead atoms. The lowest BCUT2D eigenvalue weighted by Crippen LogP contribution is -2.29. The molecule has 2 aliphatic rings. The summed E-state index contributed by atoms with van der Waals surface area (Å²) in [6, 6.07) is 13.4. The molecule has 3 nitrogen and oxygen atoms in total. The average Bonchev–Trinajstić information content (AvgIpc) is 3.31. The lowest BCUT2D eigenvalue weighted by Gasteiger charge is -2.38. The van der Waals surface area contributed by atoms with Gasteiger partial charge in [-0.15, -0.1) is 0 Å². The van der Waals surface area contributed by atoms with Gasteiger partial charge in [0, 0.05) is 16.5 Å². The monoisotopic (exact) mass is 597 g/mol. The molecule has 0 aromatic heterocycles. The zero-order chi connectivity index (χ0) is 24.0. The summed E-state index contributed by atoms with van der Waals surface area (Å²) in [4.78, 5) is 0. The number of anilines is 1. The maximum absolute atomic E-state index is 6.62. The molecule has 1 N–H and O–H groups in total. The molecule has 34 heavy (non-hydrogen) atoms. The summed E-state index contributed by atoms with van der Waals surface area (Å²) in [5, 5.41) is 5.91. The van der Waals surface area contributed by atoms with Crippen molar-refractivity contribution in [1.29, 1.82) is 0 Å². The standard InChI is InChI=1S/C26H20BrCl4NO2/c1-33-21-10-14(9-18(27)26(21)34-12-13-5-7-15(28)8-6-13)24-17-4-2-3-16(17)22-23(31)19(29)11-20(30)25(22)32-24/h2-3,5-11,16-17,24,32H,4,12H2,1H3/t16-,17+,24-/m0/s1. The molecule has 0 fully saturated rings. The predicted molar refractivity (Wildman–Crippen MR) is 144 cm³/mol. The number of nitrogens with one attached hydrogen (secondary N) is 1. The van der Waals surface area contributed by atoms with E-state index in [1.165, 1.54) is 0 Å². The van der Waals surface area contributed by atoms with E-state index in [1.807, 2.05) is 30.3 Å². The van der Waals surface area contributed by atoms with Crippen LogP contribution in [0.25, 0.3) is 0 Å². The fraction of sp³-hybridized carbons (Fsp3) is 0.231. The Hall–Kier alpha value is -1.56. The highest BCUT2D eigenvalue weighted by Crippen LogP contribution is 2.55. The average molecular weight is 600 g/mol. The molecular formula is C26H20BrCl4NO2. The van der Waals surface area contributed by atoms with Gasteiger partial charge in [-0.25, -0.2) is 0 Å². The zero-order valence-electron chi connectivity index (χ0n) is 18.0. The Morgan fingerprint density at radius 2 is 1.79 bits per heavy atom. The molecule has 1 aliphatic carbocycles. The van der Waals surface area contributed by atoms with Crippen molar-refractivity contribution < 1.29 is 9.47 Å². The van der Waals surface area contributed by atoms with Gasteiger partial charge in [-0.05, 0) is 69.7 Å². The number of methoxy groups -OCH3 is 1. The number of hydrogen-bond donors (Lipinski definition) is 1. The molecule has 0 radical (unpaired) electrons. The smallest absolute Gasteiger partial charge is 0.175 e. The van der Waals surface area contributed by atoms with E-state index in [2.05, 4.69) is 39.5 Å². The van der Waals surface area contributed by atoms with Crippen LogP contribution in [0.5, 0.6) is 11.5 Å². The largest absolute Gasteiger partial charge is 0.493 e. The van der Waals surface area contributed by atoms with Gasteiger partial charge in [-0.1, -0.05) is 70.7 Å². The number of ether oxygens (including phenoxy) is 2. The molecular weight excluding hydrogens is 580 g/mol. The number of fused-ring (bicyclic) bond motifs is 3. The molecule has 3 aromatic rings. The summed E-state index contributed by atoms with van der Waals surface area (Å²) in [6.45, 7) is 0.393. The van der Waals surface area contributed by atoms with Crippen molar-refractivity contribution in [2.24, 2.45) is 5.92 Å². The first-order chi connectivity index (χ1) is 16.4. The Labute approximate surface area is 227 Å². The van der Waals surface area contributed by atoms with E-state index in [1.54, 1.807) is 13.2 Å². The summed E-state index contributed by atoms with van der Waals surface area (Å²) < 4.78 is 12.6. The van der Waals surface area contributed by atoms with E-state index in [4.69, 9.17) is 55.9 Å². The van der Waals surface area contributed by atoms with E-state index in [9.17, 15) is 0 Å². The second kappa shape index (κ2) is 9.83. The van der Waals surface area contributed by atoms with E-state index in [0.29, 0.717) is 38.2 Å². The summed E-state index contributed by atoms with van der Waals surface area (Å²) in [6.07, 6.45) is 5.31.